The first kappa shape index (κ1) is 15.0. The summed E-state index contributed by atoms with van der Waals surface area (Å²) in [6.07, 6.45) is 3.04. The predicted molar refractivity (Wildman–Crippen MR) is 79.2 cm³/mol. The van der Waals surface area contributed by atoms with Gasteiger partial charge in [-0.15, -0.1) is 0 Å². The van der Waals surface area contributed by atoms with Gasteiger partial charge in [0.1, 0.15) is 0 Å². The van der Waals surface area contributed by atoms with Gasteiger partial charge in [0.2, 0.25) is 5.76 Å². The maximum absolute atomic E-state index is 10.9. The van der Waals surface area contributed by atoms with Crippen molar-refractivity contribution in [1.82, 2.24) is 5.16 Å². The lowest BCUT2D eigenvalue weighted by Gasteiger charge is -2.06. The van der Waals surface area contributed by atoms with Crippen molar-refractivity contribution in [2.45, 2.75) is 6.92 Å². The quantitative estimate of drug-likeness (QED) is 0.665. The van der Waals surface area contributed by atoms with Crippen molar-refractivity contribution >= 4 is 33.8 Å². The first-order chi connectivity index (χ1) is 9.93. The molecule has 1 heterocycles. The standard InChI is InChI=1S/C13H11BrN2O5/c1-7-13(16(18)19)11(21-15-7)4-3-8-5-12(20-2)10(17)6-9(8)14/h3-6,17H,1-2H3/b4-3+. The van der Waals surface area contributed by atoms with Crippen molar-refractivity contribution in [3.8, 4) is 11.5 Å². The van der Waals surface area contributed by atoms with Crippen LogP contribution in [0.3, 0.4) is 0 Å². The van der Waals surface area contributed by atoms with E-state index in [2.05, 4.69) is 21.1 Å². The SMILES string of the molecule is COc1cc(/C=C/c2onc(C)c2[N+](=O)[O-])c(Br)cc1O. The molecule has 0 amide bonds. The highest BCUT2D eigenvalue weighted by Gasteiger charge is 2.22. The van der Waals surface area contributed by atoms with E-state index >= 15 is 0 Å². The zero-order valence-electron chi connectivity index (χ0n) is 11.2. The molecule has 8 heteroatoms. The van der Waals surface area contributed by atoms with Crippen LogP contribution in [0.15, 0.2) is 21.1 Å². The first-order valence-corrected chi connectivity index (χ1v) is 6.58. The van der Waals surface area contributed by atoms with Gasteiger partial charge in [-0.3, -0.25) is 10.1 Å². The summed E-state index contributed by atoms with van der Waals surface area (Å²) in [4.78, 5) is 10.4. The molecular formula is C13H11BrN2O5. The maximum Gasteiger partial charge on any atom is 0.338 e. The molecule has 0 aliphatic heterocycles. The number of phenolic OH excluding ortho intramolecular Hbond substituents is 1. The van der Waals surface area contributed by atoms with E-state index in [1.165, 1.54) is 26.2 Å². The summed E-state index contributed by atoms with van der Waals surface area (Å²) >= 11 is 3.29. The molecule has 110 valence electrons. The third kappa shape index (κ3) is 3.05. The van der Waals surface area contributed by atoms with Crippen molar-refractivity contribution in [3.63, 3.8) is 0 Å². The zero-order chi connectivity index (χ0) is 15.6. The number of nitro groups is 1. The second kappa shape index (κ2) is 5.96. The summed E-state index contributed by atoms with van der Waals surface area (Å²) in [6, 6.07) is 3.06. The van der Waals surface area contributed by atoms with Crippen LogP contribution in [0.1, 0.15) is 17.0 Å². The molecule has 0 unspecified atom stereocenters. The van der Waals surface area contributed by atoms with Gasteiger partial charge in [0.05, 0.1) is 12.0 Å². The molecule has 7 nitrogen and oxygen atoms in total. The van der Waals surface area contributed by atoms with E-state index in [0.29, 0.717) is 15.8 Å². The maximum atomic E-state index is 10.9. The average Bonchev–Trinajstić information content (AvgIpc) is 2.79. The van der Waals surface area contributed by atoms with Gasteiger partial charge in [0.15, 0.2) is 17.2 Å². The van der Waals surface area contributed by atoms with E-state index in [-0.39, 0.29) is 22.9 Å². The molecule has 0 saturated carbocycles. The monoisotopic (exact) mass is 354 g/mol. The van der Waals surface area contributed by atoms with Gasteiger partial charge < -0.3 is 14.4 Å². The van der Waals surface area contributed by atoms with Crippen LogP contribution >= 0.6 is 15.9 Å². The lowest BCUT2D eigenvalue weighted by molar-refractivity contribution is -0.386. The molecule has 2 aromatic rings. The number of aryl methyl sites for hydroxylation is 1. The number of aromatic nitrogens is 1. The highest BCUT2D eigenvalue weighted by atomic mass is 79.9. The van der Waals surface area contributed by atoms with Crippen molar-refractivity contribution in [1.29, 1.82) is 0 Å². The number of nitrogens with zero attached hydrogens (tertiary/aromatic N) is 2. The van der Waals surface area contributed by atoms with Crippen LogP contribution in [0.25, 0.3) is 12.2 Å². The molecule has 0 radical (unpaired) electrons. The Morgan fingerprint density at radius 1 is 1.48 bits per heavy atom. The van der Waals surface area contributed by atoms with Gasteiger partial charge >= 0.3 is 5.69 Å². The topological polar surface area (TPSA) is 98.6 Å². The fourth-order valence-corrected chi connectivity index (χ4v) is 2.19. The molecule has 0 atom stereocenters. The third-order valence-electron chi connectivity index (χ3n) is 2.75. The molecule has 0 aliphatic rings. The van der Waals surface area contributed by atoms with Gasteiger partial charge in [-0.25, -0.2) is 0 Å². The van der Waals surface area contributed by atoms with E-state index in [1.807, 2.05) is 0 Å². The summed E-state index contributed by atoms with van der Waals surface area (Å²) in [5.74, 6) is 0.334. The molecule has 1 aromatic heterocycles. The number of hydrogen-bond donors (Lipinski definition) is 1. The minimum atomic E-state index is -0.544. The van der Waals surface area contributed by atoms with Crippen LogP contribution in [0.4, 0.5) is 5.69 Å². The minimum Gasteiger partial charge on any atom is -0.504 e. The smallest absolute Gasteiger partial charge is 0.338 e. The average molecular weight is 355 g/mol. The number of benzene rings is 1. The van der Waals surface area contributed by atoms with E-state index in [0.717, 1.165) is 0 Å². The number of rotatable bonds is 4. The van der Waals surface area contributed by atoms with E-state index < -0.39 is 4.92 Å². The minimum absolute atomic E-state index is 0.0111. The summed E-state index contributed by atoms with van der Waals surface area (Å²) in [6.45, 7) is 1.50. The highest BCUT2D eigenvalue weighted by molar-refractivity contribution is 9.10. The van der Waals surface area contributed by atoms with Crippen LogP contribution in [0.5, 0.6) is 11.5 Å². The Labute approximate surface area is 128 Å². The van der Waals surface area contributed by atoms with Crippen LogP contribution in [0, 0.1) is 17.0 Å². The summed E-state index contributed by atoms with van der Waals surface area (Å²) < 4.78 is 10.5. The Morgan fingerprint density at radius 3 is 2.81 bits per heavy atom. The van der Waals surface area contributed by atoms with Gasteiger partial charge in [-0.05, 0) is 36.8 Å². The fraction of sp³-hybridized carbons (Fsp3) is 0.154. The fourth-order valence-electron chi connectivity index (χ4n) is 1.73. The molecule has 2 rings (SSSR count). The third-order valence-corrected chi connectivity index (χ3v) is 3.44. The van der Waals surface area contributed by atoms with Gasteiger partial charge in [-0.1, -0.05) is 21.1 Å². The summed E-state index contributed by atoms with van der Waals surface area (Å²) in [5, 5.41) is 24.1. The second-order valence-corrected chi connectivity index (χ2v) is 4.97. The molecule has 0 spiro atoms. The molecule has 0 bridgehead atoms. The predicted octanol–water partition coefficient (Wildman–Crippen LogP) is 3.54. The van der Waals surface area contributed by atoms with Crippen LogP contribution in [-0.4, -0.2) is 22.3 Å². The zero-order valence-corrected chi connectivity index (χ0v) is 12.7. The van der Waals surface area contributed by atoms with Crippen molar-refractivity contribution in [3.05, 3.63) is 43.7 Å². The number of aromatic hydroxyl groups is 1. The van der Waals surface area contributed by atoms with Crippen molar-refractivity contribution < 1.29 is 19.3 Å². The Hall–Kier alpha value is -2.35. The lowest BCUT2D eigenvalue weighted by Crippen LogP contribution is -1.90. The largest absolute Gasteiger partial charge is 0.504 e. The Kier molecular flexibility index (Phi) is 4.27. The summed E-state index contributed by atoms with van der Waals surface area (Å²) in [7, 11) is 1.43. The Balaban J connectivity index is 2.40. The van der Waals surface area contributed by atoms with Crippen molar-refractivity contribution in [2.75, 3.05) is 7.11 Å². The number of hydrogen-bond acceptors (Lipinski definition) is 6. The molecule has 1 aromatic carbocycles. The number of phenols is 1. The molecule has 21 heavy (non-hydrogen) atoms. The van der Waals surface area contributed by atoms with E-state index in [1.54, 1.807) is 12.1 Å². The van der Waals surface area contributed by atoms with Gasteiger partial charge in [-0.2, -0.15) is 0 Å². The first-order valence-electron chi connectivity index (χ1n) is 5.79. The van der Waals surface area contributed by atoms with Gasteiger partial charge in [0, 0.05) is 4.47 Å². The molecule has 0 fully saturated rings. The van der Waals surface area contributed by atoms with E-state index in [4.69, 9.17) is 9.26 Å². The van der Waals surface area contributed by atoms with Crippen molar-refractivity contribution in [2.24, 2.45) is 0 Å². The lowest BCUT2D eigenvalue weighted by atomic mass is 10.1. The molecule has 0 saturated heterocycles. The highest BCUT2D eigenvalue weighted by Crippen LogP contribution is 2.34. The molecule has 0 aliphatic carbocycles. The number of halogens is 1. The Morgan fingerprint density at radius 2 is 2.19 bits per heavy atom. The number of ether oxygens (including phenoxy) is 1. The molecular weight excluding hydrogens is 344 g/mol. The normalized spacial score (nSPS) is 11.0. The Bertz CT molecular complexity index is 724. The molecule has 1 N–H and O–H groups in total. The second-order valence-electron chi connectivity index (χ2n) is 4.12. The van der Waals surface area contributed by atoms with E-state index in [9.17, 15) is 15.2 Å². The van der Waals surface area contributed by atoms with Crippen LogP contribution < -0.4 is 4.74 Å². The number of methoxy groups -OCH3 is 1. The van der Waals surface area contributed by atoms with Crippen LogP contribution in [-0.2, 0) is 0 Å². The van der Waals surface area contributed by atoms with Gasteiger partial charge in [0.25, 0.3) is 0 Å². The summed E-state index contributed by atoms with van der Waals surface area (Å²) in [5.41, 5.74) is 0.697. The van der Waals surface area contributed by atoms with Crippen LogP contribution in [0.2, 0.25) is 0 Å².